The number of carbonyl (C=O) groups is 2. The Morgan fingerprint density at radius 2 is 1.89 bits per heavy atom. The Labute approximate surface area is 152 Å². The molecule has 27 heavy (non-hydrogen) atoms. The van der Waals surface area contributed by atoms with Crippen molar-refractivity contribution in [2.24, 2.45) is 5.73 Å². The van der Waals surface area contributed by atoms with Gasteiger partial charge in [0, 0.05) is 11.9 Å². The van der Waals surface area contributed by atoms with Crippen molar-refractivity contribution in [1.82, 2.24) is 5.32 Å². The number of carbonyl (C=O) groups excluding carboxylic acids is 1. The van der Waals surface area contributed by atoms with Crippen molar-refractivity contribution >= 4 is 22.6 Å². The van der Waals surface area contributed by atoms with Gasteiger partial charge in [0.25, 0.3) is 11.9 Å². The predicted octanol–water partition coefficient (Wildman–Crippen LogP) is 1.44. The topological polar surface area (TPSA) is 143 Å². The van der Waals surface area contributed by atoms with Crippen molar-refractivity contribution in [3.05, 3.63) is 64.0 Å². The summed E-state index contributed by atoms with van der Waals surface area (Å²) in [4.78, 5) is 35.5. The first-order valence-corrected chi connectivity index (χ1v) is 8.00. The second kappa shape index (κ2) is 7.30. The fourth-order valence-electron chi connectivity index (χ4n) is 2.85. The highest BCUT2D eigenvalue weighted by molar-refractivity contribution is 6.13. The molecule has 2 aromatic carbocycles. The normalized spacial score (nSPS) is 10.7. The second-order valence-electron chi connectivity index (χ2n) is 5.78. The molecule has 0 radical (unpaired) electrons. The smallest absolute Gasteiger partial charge is 0.352 e. The second-order valence-corrected chi connectivity index (χ2v) is 5.78. The molecule has 0 saturated heterocycles. The van der Waals surface area contributed by atoms with E-state index in [0.29, 0.717) is 17.7 Å². The van der Waals surface area contributed by atoms with Crippen LogP contribution in [-0.4, -0.2) is 28.6 Å². The van der Waals surface area contributed by atoms with Crippen LogP contribution in [0.3, 0.4) is 0 Å². The molecule has 0 aliphatic heterocycles. The van der Waals surface area contributed by atoms with Crippen molar-refractivity contribution in [2.45, 2.75) is 6.54 Å². The molecule has 1 amide bonds. The van der Waals surface area contributed by atoms with Gasteiger partial charge in [0.1, 0.15) is 12.1 Å². The average molecular weight is 368 g/mol. The molecule has 0 atom stereocenters. The molecule has 8 nitrogen and oxygen atoms in total. The summed E-state index contributed by atoms with van der Waals surface area (Å²) in [5, 5.41) is 21.3. The van der Waals surface area contributed by atoms with Gasteiger partial charge >= 0.3 is 11.6 Å². The molecule has 1 aromatic heterocycles. The van der Waals surface area contributed by atoms with Crippen LogP contribution in [0, 0.1) is 0 Å². The van der Waals surface area contributed by atoms with Gasteiger partial charge in [-0.15, -0.1) is 0 Å². The van der Waals surface area contributed by atoms with Crippen LogP contribution in [0.15, 0.2) is 51.7 Å². The van der Waals surface area contributed by atoms with Gasteiger partial charge in [0.15, 0.2) is 0 Å². The highest BCUT2D eigenvalue weighted by atomic mass is 16.5. The van der Waals surface area contributed by atoms with Gasteiger partial charge in [-0.05, 0) is 28.8 Å². The number of benzene rings is 2. The number of aromatic hydroxyl groups is 1. The fourth-order valence-corrected chi connectivity index (χ4v) is 2.85. The predicted molar refractivity (Wildman–Crippen MR) is 97.4 cm³/mol. The summed E-state index contributed by atoms with van der Waals surface area (Å²) in [7, 11) is 0. The van der Waals surface area contributed by atoms with E-state index in [1.807, 2.05) is 6.07 Å². The van der Waals surface area contributed by atoms with Gasteiger partial charge in [-0.1, -0.05) is 30.3 Å². The van der Waals surface area contributed by atoms with Crippen molar-refractivity contribution in [3.63, 3.8) is 0 Å². The van der Waals surface area contributed by atoms with E-state index in [9.17, 15) is 19.5 Å². The van der Waals surface area contributed by atoms with Gasteiger partial charge in [0.05, 0.1) is 5.39 Å². The maximum absolute atomic E-state index is 12.5. The van der Waals surface area contributed by atoms with Crippen LogP contribution in [0.1, 0.15) is 15.9 Å². The zero-order valence-electron chi connectivity index (χ0n) is 14.1. The van der Waals surface area contributed by atoms with Crippen LogP contribution in [0.25, 0.3) is 21.9 Å². The lowest BCUT2D eigenvalue weighted by atomic mass is 9.95. The Kier molecular flexibility index (Phi) is 4.91. The minimum Gasteiger partial charge on any atom is -0.480 e. The summed E-state index contributed by atoms with van der Waals surface area (Å²) < 4.78 is 4.76. The van der Waals surface area contributed by atoms with Crippen LogP contribution in [0.4, 0.5) is 0 Å². The summed E-state index contributed by atoms with van der Waals surface area (Å²) in [6.45, 7) is -0.358. The quantitative estimate of drug-likeness (QED) is 0.533. The molecule has 138 valence electrons. The molecule has 3 aromatic rings. The molecule has 5 N–H and O–H groups in total. The number of rotatable bonds is 5. The molecular weight excluding hydrogens is 352 g/mol. The van der Waals surface area contributed by atoms with Crippen molar-refractivity contribution in [2.75, 3.05) is 6.54 Å². The molecule has 0 aliphatic carbocycles. The first-order valence-electron chi connectivity index (χ1n) is 8.00. The minimum absolute atomic E-state index is 0.158. The van der Waals surface area contributed by atoms with Crippen LogP contribution >= 0.6 is 0 Å². The Bertz CT molecular complexity index is 1100. The third-order valence-corrected chi connectivity index (χ3v) is 4.04. The van der Waals surface area contributed by atoms with Gasteiger partial charge < -0.3 is 25.7 Å². The maximum Gasteiger partial charge on any atom is 0.352 e. The number of carboxylic acids is 1. The SMILES string of the molecule is NCc1cccc(-c2cccc3c(O)oc(=O)c(C(=O)NCC(=O)O)c23)c1. The van der Waals surface area contributed by atoms with E-state index in [4.69, 9.17) is 15.3 Å². The van der Waals surface area contributed by atoms with Gasteiger partial charge in [-0.2, -0.15) is 0 Å². The number of aliphatic carboxylic acids is 1. The number of hydrogen-bond acceptors (Lipinski definition) is 6. The fraction of sp³-hybridized carbons (Fsp3) is 0.105. The summed E-state index contributed by atoms with van der Waals surface area (Å²) in [5.74, 6) is -2.79. The van der Waals surface area contributed by atoms with E-state index < -0.39 is 30.0 Å². The van der Waals surface area contributed by atoms with E-state index >= 15 is 0 Å². The lowest BCUT2D eigenvalue weighted by Crippen LogP contribution is -2.32. The summed E-state index contributed by atoms with van der Waals surface area (Å²) in [6.07, 6.45) is 0. The van der Waals surface area contributed by atoms with Crippen LogP contribution < -0.4 is 16.7 Å². The molecule has 0 fully saturated rings. The summed E-state index contributed by atoms with van der Waals surface area (Å²) in [6, 6.07) is 12.0. The van der Waals surface area contributed by atoms with E-state index in [2.05, 4.69) is 5.32 Å². The van der Waals surface area contributed by atoms with Gasteiger partial charge in [-0.25, -0.2) is 4.79 Å². The Morgan fingerprint density at radius 3 is 2.59 bits per heavy atom. The molecule has 0 spiro atoms. The zero-order valence-corrected chi connectivity index (χ0v) is 14.1. The first-order chi connectivity index (χ1) is 12.9. The highest BCUT2D eigenvalue weighted by Gasteiger charge is 2.22. The third-order valence-electron chi connectivity index (χ3n) is 4.04. The first kappa shape index (κ1) is 18.2. The maximum atomic E-state index is 12.5. The van der Waals surface area contributed by atoms with Gasteiger partial charge in [0.2, 0.25) is 0 Å². The van der Waals surface area contributed by atoms with Crippen LogP contribution in [0.2, 0.25) is 0 Å². The van der Waals surface area contributed by atoms with Crippen LogP contribution in [-0.2, 0) is 11.3 Å². The Hall–Kier alpha value is -3.65. The summed E-state index contributed by atoms with van der Waals surface area (Å²) >= 11 is 0. The average Bonchev–Trinajstić information content (AvgIpc) is 2.66. The lowest BCUT2D eigenvalue weighted by molar-refractivity contribution is -0.135. The lowest BCUT2D eigenvalue weighted by Gasteiger charge is -2.12. The number of amides is 1. The minimum atomic E-state index is -1.26. The highest BCUT2D eigenvalue weighted by Crippen LogP contribution is 2.34. The molecule has 1 heterocycles. The largest absolute Gasteiger partial charge is 0.480 e. The van der Waals surface area contributed by atoms with E-state index in [1.54, 1.807) is 30.3 Å². The Balaban J connectivity index is 2.30. The van der Waals surface area contributed by atoms with Crippen molar-refractivity contribution in [1.29, 1.82) is 0 Å². The third kappa shape index (κ3) is 3.51. The van der Waals surface area contributed by atoms with Crippen LogP contribution in [0.5, 0.6) is 5.95 Å². The standard InChI is InChI=1S/C19H16N2O6/c20-8-10-3-1-4-11(7-10)12-5-2-6-13-15(12)16(19(26)27-18(13)25)17(24)21-9-14(22)23/h1-7,25H,8-9,20H2,(H,21,24)(H,22,23). The van der Waals surface area contributed by atoms with Gasteiger partial charge in [-0.3, -0.25) is 9.59 Å². The number of nitrogens with two attached hydrogens (primary N) is 1. The number of hydrogen-bond donors (Lipinski definition) is 4. The number of fused-ring (bicyclic) bond motifs is 1. The Morgan fingerprint density at radius 1 is 1.15 bits per heavy atom. The van der Waals surface area contributed by atoms with E-state index in [1.165, 1.54) is 6.07 Å². The molecule has 0 bridgehead atoms. The monoisotopic (exact) mass is 368 g/mol. The molecule has 8 heteroatoms. The summed E-state index contributed by atoms with van der Waals surface area (Å²) in [5.41, 5.74) is 6.27. The molecule has 0 unspecified atom stereocenters. The molecular formula is C19H16N2O6. The molecule has 0 saturated carbocycles. The zero-order chi connectivity index (χ0) is 19.6. The van der Waals surface area contributed by atoms with E-state index in [-0.39, 0.29) is 16.3 Å². The van der Waals surface area contributed by atoms with Crippen molar-refractivity contribution in [3.8, 4) is 17.1 Å². The molecule has 3 rings (SSSR count). The number of nitrogens with one attached hydrogen (secondary N) is 1. The van der Waals surface area contributed by atoms with E-state index in [0.717, 1.165) is 5.56 Å². The number of carboxylic acid groups (broad SMARTS) is 1. The van der Waals surface area contributed by atoms with Crippen molar-refractivity contribution < 1.29 is 24.2 Å². The molecule has 0 aliphatic rings.